The molecule has 0 bridgehead atoms. The first-order valence-corrected chi connectivity index (χ1v) is 9.15. The summed E-state index contributed by atoms with van der Waals surface area (Å²) in [6.45, 7) is 3.29. The number of nitrogens with zero attached hydrogens (tertiary/aromatic N) is 1. The first kappa shape index (κ1) is 22.1. The Balaban J connectivity index is 2.01. The molecule has 0 fully saturated rings. The molecule has 0 spiro atoms. The Labute approximate surface area is 176 Å². The van der Waals surface area contributed by atoms with Crippen molar-refractivity contribution in [1.82, 2.24) is 4.98 Å². The highest BCUT2D eigenvalue weighted by atomic mass is 19.4. The summed E-state index contributed by atoms with van der Waals surface area (Å²) in [6.07, 6.45) is -3.16. The number of aryl methyl sites for hydroxylation is 1. The highest BCUT2D eigenvalue weighted by molar-refractivity contribution is 6.09. The smallest absolute Gasteiger partial charge is 0.416 e. The van der Waals surface area contributed by atoms with E-state index >= 15 is 0 Å². The van der Waals surface area contributed by atoms with Crippen LogP contribution in [0.2, 0.25) is 0 Å². The van der Waals surface area contributed by atoms with E-state index in [0.717, 1.165) is 18.2 Å². The van der Waals surface area contributed by atoms with E-state index in [9.17, 15) is 22.4 Å². The Bertz CT molecular complexity index is 1130. The number of benzene rings is 2. The van der Waals surface area contributed by atoms with Gasteiger partial charge in [-0.1, -0.05) is 0 Å². The number of hydrogen-bond acceptors (Lipinski definition) is 4. The Morgan fingerprint density at radius 3 is 2.39 bits per heavy atom. The maximum Gasteiger partial charge on any atom is 0.416 e. The molecular weight excluding hydrogens is 414 g/mol. The maximum atomic E-state index is 13.4. The van der Waals surface area contributed by atoms with E-state index in [-0.39, 0.29) is 11.3 Å². The van der Waals surface area contributed by atoms with Gasteiger partial charge in [-0.2, -0.15) is 13.2 Å². The molecule has 3 aromatic rings. The quantitative estimate of drug-likeness (QED) is 0.495. The molecule has 2 aromatic carbocycles. The second-order valence-electron chi connectivity index (χ2n) is 6.79. The van der Waals surface area contributed by atoms with E-state index in [1.807, 2.05) is 0 Å². The van der Waals surface area contributed by atoms with Gasteiger partial charge in [-0.15, -0.1) is 0 Å². The van der Waals surface area contributed by atoms with Crippen molar-refractivity contribution in [2.45, 2.75) is 20.0 Å². The van der Waals surface area contributed by atoms with Crippen molar-refractivity contribution in [2.75, 3.05) is 17.7 Å². The molecule has 0 atom stereocenters. The van der Waals surface area contributed by atoms with E-state index in [0.29, 0.717) is 28.4 Å². The molecule has 0 unspecified atom stereocenters. The van der Waals surface area contributed by atoms with Crippen LogP contribution in [0.5, 0.6) is 5.88 Å². The number of pyridine rings is 1. The largest absolute Gasteiger partial charge is 0.481 e. The number of nitrogens with one attached hydrogen (secondary N) is 2. The third-order valence-corrected chi connectivity index (χ3v) is 4.65. The average Bonchev–Trinajstić information content (AvgIpc) is 2.71. The molecule has 0 saturated heterocycles. The van der Waals surface area contributed by atoms with Gasteiger partial charge in [0.25, 0.3) is 5.91 Å². The van der Waals surface area contributed by atoms with Crippen molar-refractivity contribution < 1.29 is 27.1 Å². The van der Waals surface area contributed by atoms with E-state index in [1.165, 1.54) is 31.5 Å². The number of carbonyl (C=O) groups is 1. The number of hydrogen-bond donors (Lipinski definition) is 2. The van der Waals surface area contributed by atoms with Gasteiger partial charge in [-0.3, -0.25) is 4.79 Å². The van der Waals surface area contributed by atoms with Crippen LogP contribution in [0.25, 0.3) is 0 Å². The summed E-state index contributed by atoms with van der Waals surface area (Å²) in [5.41, 5.74) is 0.797. The molecule has 0 aliphatic heterocycles. The number of methoxy groups -OCH3 is 1. The number of amides is 1. The lowest BCUT2D eigenvalue weighted by molar-refractivity contribution is -0.137. The van der Waals surface area contributed by atoms with Gasteiger partial charge in [-0.25, -0.2) is 9.37 Å². The molecule has 0 aliphatic carbocycles. The molecule has 162 valence electrons. The molecule has 2 N–H and O–H groups in total. The van der Waals surface area contributed by atoms with Gasteiger partial charge in [0.05, 0.1) is 29.6 Å². The lowest BCUT2D eigenvalue weighted by Gasteiger charge is -2.17. The lowest BCUT2D eigenvalue weighted by atomic mass is 10.1. The fraction of sp³-hybridized carbons (Fsp3) is 0.182. The first-order chi connectivity index (χ1) is 14.6. The first-order valence-electron chi connectivity index (χ1n) is 9.15. The van der Waals surface area contributed by atoms with Crippen LogP contribution < -0.4 is 15.4 Å². The van der Waals surface area contributed by atoms with Crippen LogP contribution in [-0.4, -0.2) is 18.0 Å². The van der Waals surface area contributed by atoms with Crippen LogP contribution in [0.15, 0.2) is 48.7 Å². The third-order valence-electron chi connectivity index (χ3n) is 4.65. The highest BCUT2D eigenvalue weighted by Crippen LogP contribution is 2.34. The molecule has 1 amide bonds. The Morgan fingerprint density at radius 1 is 1.00 bits per heavy atom. The van der Waals surface area contributed by atoms with Gasteiger partial charge in [0.1, 0.15) is 5.82 Å². The molecule has 1 heterocycles. The van der Waals surface area contributed by atoms with Crippen LogP contribution in [-0.2, 0) is 6.18 Å². The Morgan fingerprint density at radius 2 is 1.74 bits per heavy atom. The molecule has 0 saturated carbocycles. The summed E-state index contributed by atoms with van der Waals surface area (Å²) < 4.78 is 58.3. The number of carbonyl (C=O) groups excluding carboxylic acids is 1. The van der Waals surface area contributed by atoms with Crippen molar-refractivity contribution in [3.8, 4) is 5.88 Å². The minimum absolute atomic E-state index is 0.0214. The Kier molecular flexibility index (Phi) is 6.14. The summed E-state index contributed by atoms with van der Waals surface area (Å²) in [7, 11) is 1.43. The minimum Gasteiger partial charge on any atom is -0.481 e. The van der Waals surface area contributed by atoms with Gasteiger partial charge in [0, 0.05) is 17.4 Å². The number of rotatable bonds is 5. The lowest BCUT2D eigenvalue weighted by Crippen LogP contribution is -2.16. The normalized spacial score (nSPS) is 11.2. The second-order valence-corrected chi connectivity index (χ2v) is 6.79. The minimum atomic E-state index is -4.60. The van der Waals surface area contributed by atoms with Gasteiger partial charge >= 0.3 is 6.18 Å². The predicted molar refractivity (Wildman–Crippen MR) is 109 cm³/mol. The van der Waals surface area contributed by atoms with E-state index in [2.05, 4.69) is 15.6 Å². The van der Waals surface area contributed by atoms with Crippen molar-refractivity contribution in [3.63, 3.8) is 0 Å². The van der Waals surface area contributed by atoms with Gasteiger partial charge in [-0.05, 0) is 61.9 Å². The highest BCUT2D eigenvalue weighted by Gasteiger charge is 2.31. The summed E-state index contributed by atoms with van der Waals surface area (Å²) in [4.78, 5) is 16.9. The van der Waals surface area contributed by atoms with Crippen molar-refractivity contribution in [3.05, 3.63) is 76.7 Å². The topological polar surface area (TPSA) is 63.2 Å². The van der Waals surface area contributed by atoms with Gasteiger partial charge < -0.3 is 15.4 Å². The predicted octanol–water partition coefficient (Wildman–Crippen LogP) is 5.86. The number of anilines is 3. The van der Waals surface area contributed by atoms with Crippen LogP contribution in [0.1, 0.15) is 27.0 Å². The molecule has 0 radical (unpaired) electrons. The van der Waals surface area contributed by atoms with Gasteiger partial charge in [0.2, 0.25) is 5.88 Å². The van der Waals surface area contributed by atoms with Crippen LogP contribution in [0, 0.1) is 19.7 Å². The van der Waals surface area contributed by atoms with Crippen LogP contribution >= 0.6 is 0 Å². The fourth-order valence-corrected chi connectivity index (χ4v) is 2.98. The number of ether oxygens (including phenoxy) is 1. The number of aromatic nitrogens is 1. The van der Waals surface area contributed by atoms with E-state index < -0.39 is 23.5 Å². The van der Waals surface area contributed by atoms with Crippen molar-refractivity contribution in [2.24, 2.45) is 0 Å². The summed E-state index contributed by atoms with van der Waals surface area (Å²) >= 11 is 0. The molecular formula is C22H19F4N3O2. The summed E-state index contributed by atoms with van der Waals surface area (Å²) in [5, 5.41) is 5.49. The SMILES string of the molecule is COc1nccc(NC(=O)c2ccc(C(F)(F)F)cc2Nc2ccc(F)cc2C)c1C. The molecule has 0 aliphatic rings. The molecule has 5 nitrogen and oxygen atoms in total. The average molecular weight is 433 g/mol. The molecule has 1 aromatic heterocycles. The van der Waals surface area contributed by atoms with Gasteiger partial charge in [0.15, 0.2) is 0 Å². The van der Waals surface area contributed by atoms with Crippen molar-refractivity contribution in [1.29, 1.82) is 0 Å². The maximum absolute atomic E-state index is 13.4. The zero-order valence-corrected chi connectivity index (χ0v) is 16.9. The summed E-state index contributed by atoms with van der Waals surface area (Å²) in [6, 6.07) is 8.13. The van der Waals surface area contributed by atoms with E-state index in [1.54, 1.807) is 19.9 Å². The zero-order valence-electron chi connectivity index (χ0n) is 16.9. The monoisotopic (exact) mass is 433 g/mol. The van der Waals surface area contributed by atoms with Crippen LogP contribution in [0.3, 0.4) is 0 Å². The van der Waals surface area contributed by atoms with Crippen molar-refractivity contribution >= 4 is 23.0 Å². The third kappa shape index (κ3) is 4.93. The second kappa shape index (κ2) is 8.63. The zero-order chi connectivity index (χ0) is 22.8. The number of halogens is 4. The summed E-state index contributed by atoms with van der Waals surface area (Å²) in [5.74, 6) is -0.801. The Hall–Kier alpha value is -3.62. The fourth-order valence-electron chi connectivity index (χ4n) is 2.98. The molecule has 3 rings (SSSR count). The van der Waals surface area contributed by atoms with Crippen LogP contribution in [0.4, 0.5) is 34.6 Å². The molecule has 9 heteroatoms. The standard InChI is InChI=1S/C22H19F4N3O2/c1-12-10-15(23)5-7-17(12)28-19-11-14(22(24,25)26)4-6-16(19)20(30)29-18-8-9-27-21(31-3)13(18)2/h4-11,28H,1-3H3,(H,27,29,30). The molecule has 31 heavy (non-hydrogen) atoms. The number of alkyl halides is 3. The van der Waals surface area contributed by atoms with E-state index in [4.69, 9.17) is 4.74 Å².